The predicted octanol–water partition coefficient (Wildman–Crippen LogP) is 3.93. The van der Waals surface area contributed by atoms with Crippen molar-refractivity contribution < 1.29 is 9.47 Å². The summed E-state index contributed by atoms with van der Waals surface area (Å²) in [5.74, 6) is 1.60. The van der Waals surface area contributed by atoms with Gasteiger partial charge in [-0.15, -0.1) is 6.58 Å². The van der Waals surface area contributed by atoms with E-state index in [2.05, 4.69) is 38.7 Å². The van der Waals surface area contributed by atoms with Crippen molar-refractivity contribution in [2.45, 2.75) is 46.2 Å². The Morgan fingerprint density at radius 2 is 2.00 bits per heavy atom. The number of ether oxygens (including phenoxy) is 2. The molecule has 0 bridgehead atoms. The topological polar surface area (TPSA) is 30.5 Å². The molecule has 0 aliphatic heterocycles. The van der Waals surface area contributed by atoms with Gasteiger partial charge in [0.05, 0.1) is 13.7 Å². The van der Waals surface area contributed by atoms with Gasteiger partial charge in [0.15, 0.2) is 11.5 Å². The molecule has 1 aromatic rings. The van der Waals surface area contributed by atoms with Crippen molar-refractivity contribution in [2.75, 3.05) is 13.7 Å². The largest absolute Gasteiger partial charge is 0.493 e. The van der Waals surface area contributed by atoms with Crippen molar-refractivity contribution in [1.82, 2.24) is 5.32 Å². The molecule has 20 heavy (non-hydrogen) atoms. The first-order valence-corrected chi connectivity index (χ1v) is 7.01. The van der Waals surface area contributed by atoms with Gasteiger partial charge in [0.2, 0.25) is 0 Å². The average molecular weight is 277 g/mol. The molecule has 0 spiro atoms. The van der Waals surface area contributed by atoms with E-state index in [1.54, 1.807) is 7.11 Å². The van der Waals surface area contributed by atoms with Crippen LogP contribution in [0, 0.1) is 0 Å². The van der Waals surface area contributed by atoms with Crippen LogP contribution >= 0.6 is 0 Å². The van der Waals surface area contributed by atoms with Crippen LogP contribution in [0.2, 0.25) is 0 Å². The Kier molecular flexibility index (Phi) is 6.08. The van der Waals surface area contributed by atoms with Crippen LogP contribution in [0.5, 0.6) is 11.5 Å². The Labute approximate surface area is 123 Å². The molecule has 0 saturated carbocycles. The first-order valence-electron chi connectivity index (χ1n) is 7.01. The highest BCUT2D eigenvalue weighted by Gasteiger charge is 2.14. The first-order chi connectivity index (χ1) is 9.33. The van der Waals surface area contributed by atoms with E-state index in [1.165, 1.54) is 0 Å². The van der Waals surface area contributed by atoms with E-state index >= 15 is 0 Å². The highest BCUT2D eigenvalue weighted by atomic mass is 16.5. The molecule has 3 nitrogen and oxygen atoms in total. The second-order valence-corrected chi connectivity index (χ2v) is 6.11. The summed E-state index contributed by atoms with van der Waals surface area (Å²) in [6.07, 6.45) is 0.851. The molecule has 0 aromatic heterocycles. The summed E-state index contributed by atoms with van der Waals surface area (Å²) in [5.41, 5.74) is 2.30. The van der Waals surface area contributed by atoms with Gasteiger partial charge >= 0.3 is 0 Å². The lowest BCUT2D eigenvalue weighted by Crippen LogP contribution is -2.35. The molecule has 0 radical (unpaired) electrons. The zero-order valence-corrected chi connectivity index (χ0v) is 13.4. The van der Waals surface area contributed by atoms with Crippen molar-refractivity contribution in [3.05, 3.63) is 35.9 Å². The fourth-order valence-corrected chi connectivity index (χ4v) is 1.71. The number of nitrogens with one attached hydrogen (secondary N) is 1. The zero-order valence-electron chi connectivity index (χ0n) is 13.4. The third-order valence-electron chi connectivity index (χ3n) is 2.86. The second-order valence-electron chi connectivity index (χ2n) is 6.11. The summed E-state index contributed by atoms with van der Waals surface area (Å²) in [6.45, 7) is 13.7. The molecule has 0 heterocycles. The lowest BCUT2D eigenvalue weighted by Gasteiger charge is -2.22. The van der Waals surface area contributed by atoms with E-state index in [0.717, 1.165) is 35.6 Å². The van der Waals surface area contributed by atoms with Gasteiger partial charge in [0, 0.05) is 24.1 Å². The van der Waals surface area contributed by atoms with Crippen LogP contribution in [0.3, 0.4) is 0 Å². The molecule has 1 N–H and O–H groups in total. The van der Waals surface area contributed by atoms with Crippen LogP contribution in [0.25, 0.3) is 0 Å². The summed E-state index contributed by atoms with van der Waals surface area (Å²) in [6, 6.07) is 5.98. The Morgan fingerprint density at radius 1 is 1.30 bits per heavy atom. The molecular weight excluding hydrogens is 250 g/mol. The highest BCUT2D eigenvalue weighted by Crippen LogP contribution is 2.31. The van der Waals surface area contributed by atoms with E-state index in [9.17, 15) is 0 Å². The van der Waals surface area contributed by atoms with Crippen molar-refractivity contribution in [1.29, 1.82) is 0 Å². The van der Waals surface area contributed by atoms with Crippen LogP contribution < -0.4 is 14.8 Å². The number of hydrogen-bond acceptors (Lipinski definition) is 3. The van der Waals surface area contributed by atoms with Gasteiger partial charge in [0.25, 0.3) is 0 Å². The molecule has 112 valence electrons. The molecule has 0 aliphatic rings. The molecule has 0 saturated heterocycles. The molecule has 0 aliphatic carbocycles. The third kappa shape index (κ3) is 5.66. The van der Waals surface area contributed by atoms with Crippen molar-refractivity contribution >= 4 is 0 Å². The third-order valence-corrected chi connectivity index (χ3v) is 2.86. The molecule has 0 unspecified atom stereocenters. The lowest BCUT2D eigenvalue weighted by atomic mass is 10.1. The van der Waals surface area contributed by atoms with Crippen LogP contribution in [0.15, 0.2) is 30.4 Å². The van der Waals surface area contributed by atoms with Gasteiger partial charge in [-0.25, -0.2) is 0 Å². The predicted molar refractivity (Wildman–Crippen MR) is 84.5 cm³/mol. The quantitative estimate of drug-likeness (QED) is 0.766. The maximum absolute atomic E-state index is 5.91. The highest BCUT2D eigenvalue weighted by molar-refractivity contribution is 5.46. The van der Waals surface area contributed by atoms with Gasteiger partial charge in [-0.2, -0.15) is 0 Å². The Balaban J connectivity index is 2.83. The monoisotopic (exact) mass is 277 g/mol. The molecular formula is C17H27NO2. The summed E-state index contributed by atoms with van der Waals surface area (Å²) >= 11 is 0. The van der Waals surface area contributed by atoms with Gasteiger partial charge in [-0.1, -0.05) is 17.7 Å². The van der Waals surface area contributed by atoms with Gasteiger partial charge in [0.1, 0.15) is 0 Å². The maximum atomic E-state index is 5.91. The smallest absolute Gasteiger partial charge is 0.165 e. The first kappa shape index (κ1) is 16.6. The minimum absolute atomic E-state index is 0.0675. The van der Waals surface area contributed by atoms with E-state index in [0.29, 0.717) is 6.61 Å². The Hall–Kier alpha value is -1.48. The zero-order chi connectivity index (χ0) is 15.2. The van der Waals surface area contributed by atoms with Crippen molar-refractivity contribution in [3.63, 3.8) is 0 Å². The summed E-state index contributed by atoms with van der Waals surface area (Å²) in [4.78, 5) is 0. The molecule has 3 heteroatoms. The van der Waals surface area contributed by atoms with Gasteiger partial charge < -0.3 is 14.8 Å². The normalized spacial score (nSPS) is 11.2. The van der Waals surface area contributed by atoms with E-state index in [4.69, 9.17) is 9.47 Å². The summed E-state index contributed by atoms with van der Waals surface area (Å²) in [7, 11) is 1.67. The summed E-state index contributed by atoms with van der Waals surface area (Å²) < 4.78 is 11.3. The molecule has 0 fully saturated rings. The SMILES string of the molecule is C=C(C)CCOc1c(CNC(C)(C)C)cccc1OC. The van der Waals surface area contributed by atoms with Crippen LogP contribution in [0.1, 0.15) is 39.7 Å². The van der Waals surface area contributed by atoms with E-state index in [-0.39, 0.29) is 5.54 Å². The molecule has 1 aromatic carbocycles. The van der Waals surface area contributed by atoms with Crippen LogP contribution in [-0.4, -0.2) is 19.3 Å². The van der Waals surface area contributed by atoms with Gasteiger partial charge in [-0.05, 0) is 33.8 Å². The molecule has 1 rings (SSSR count). The Bertz CT molecular complexity index is 447. The average Bonchev–Trinajstić information content (AvgIpc) is 2.35. The number of rotatable bonds is 7. The van der Waals surface area contributed by atoms with Gasteiger partial charge in [-0.3, -0.25) is 0 Å². The minimum Gasteiger partial charge on any atom is -0.493 e. The van der Waals surface area contributed by atoms with Crippen LogP contribution in [-0.2, 0) is 6.54 Å². The Morgan fingerprint density at radius 3 is 2.55 bits per heavy atom. The number of para-hydroxylation sites is 1. The molecule has 0 amide bonds. The minimum atomic E-state index is 0.0675. The molecule has 0 atom stereocenters. The van der Waals surface area contributed by atoms with Crippen molar-refractivity contribution in [3.8, 4) is 11.5 Å². The standard InChI is InChI=1S/C17H27NO2/c1-13(2)10-11-20-16-14(12-18-17(3,4)5)8-7-9-15(16)19-6/h7-9,18H,1,10-12H2,2-6H3. The second kappa shape index (κ2) is 7.34. The maximum Gasteiger partial charge on any atom is 0.165 e. The fraction of sp³-hybridized carbons (Fsp3) is 0.529. The van der Waals surface area contributed by atoms with E-state index in [1.807, 2.05) is 19.1 Å². The number of benzene rings is 1. The van der Waals surface area contributed by atoms with Crippen molar-refractivity contribution in [2.24, 2.45) is 0 Å². The lowest BCUT2D eigenvalue weighted by molar-refractivity contribution is 0.292. The number of methoxy groups -OCH3 is 1. The summed E-state index contributed by atoms with van der Waals surface area (Å²) in [5, 5.41) is 3.48. The fourth-order valence-electron chi connectivity index (χ4n) is 1.71. The van der Waals surface area contributed by atoms with Crippen LogP contribution in [0.4, 0.5) is 0 Å². The van der Waals surface area contributed by atoms with E-state index < -0.39 is 0 Å². The number of hydrogen-bond donors (Lipinski definition) is 1.